The van der Waals surface area contributed by atoms with Crippen molar-refractivity contribution < 1.29 is 129 Å². The van der Waals surface area contributed by atoms with Gasteiger partial charge in [0, 0.05) is 124 Å². The van der Waals surface area contributed by atoms with Crippen LogP contribution in [0.25, 0.3) is 0 Å². The van der Waals surface area contributed by atoms with Gasteiger partial charge < -0.3 is 98.4 Å². The Labute approximate surface area is 766 Å². The predicted molar refractivity (Wildman–Crippen MR) is 472 cm³/mol. The summed E-state index contributed by atoms with van der Waals surface area (Å²) in [6.07, 6.45) is -0.513. The lowest BCUT2D eigenvalue weighted by Gasteiger charge is -2.59. The number of halogens is 2. The fraction of sp³-hybridized carbons (Fsp3) is 0.598. The van der Waals surface area contributed by atoms with Crippen molar-refractivity contribution >= 4 is 146 Å². The van der Waals surface area contributed by atoms with Gasteiger partial charge in [-0.2, -0.15) is 0 Å². The molecule has 0 aliphatic carbocycles. The van der Waals surface area contributed by atoms with E-state index < -0.39 is 215 Å². The number of amides is 12. The molecule has 708 valence electrons. The standard InChI is InChI=1S/C87H117Cl2N11O27S2/c1-47-20-17-22-60(120-15)86(116)41-58(122-81(114)94-86)49(3)77-85(8,126-77)63(40-72(108)99(12)55-35-53(32-47)37-57(119-14)76(55)89)124-80(113)51(5)97(10)70(106)27-31-129-74(110)25-28-90-66(102)43-92-68(104)45-93-67(103)44-91-65(101)24-19-29-100-73(109)38-59(78(100)111)128-30-26-69(105)96(9)50(4)79(112)123-62-39-71(107)98(11)54-34-52(36-56(118-13)75(54)88)33-48(2)21-18-23-61(121-16)87(117)42-64(125-82(115)95-87)84(7)46-83(62,6)127-84/h17-18,20-23,34-37,49-51,58-64,77,116-117H,19,24-33,38-46H2,1-16H3,(H,90,102)(H,91,101)(H,92,104)(H,93,103)(H,94,114)(H,95,115)/b22-17+,23-18+,47-20+,48-21+. The second-order valence-corrected chi connectivity index (χ2v) is 37.0. The van der Waals surface area contributed by atoms with E-state index in [9.17, 15) is 82.1 Å². The molecule has 8 heterocycles. The molecule has 10 rings (SSSR count). The highest BCUT2D eigenvalue weighted by molar-refractivity contribution is 8.13. The van der Waals surface area contributed by atoms with Gasteiger partial charge in [0.1, 0.15) is 87.1 Å². The molecule has 10 bridgehead atoms. The minimum Gasteiger partial charge on any atom is -0.495 e. The number of allylic oxidation sites excluding steroid dienone is 6. The van der Waals surface area contributed by atoms with Crippen LogP contribution in [0.3, 0.4) is 0 Å². The minimum absolute atomic E-state index is 0.0117. The highest BCUT2D eigenvalue weighted by atomic mass is 35.5. The molecule has 8 N–H and O–H groups in total. The van der Waals surface area contributed by atoms with Crippen molar-refractivity contribution in [2.75, 3.05) is 111 Å². The van der Waals surface area contributed by atoms with Gasteiger partial charge in [-0.15, -0.1) is 11.8 Å². The summed E-state index contributed by atoms with van der Waals surface area (Å²) in [5, 5.41) is 37.4. The number of methoxy groups -OCH3 is 4. The van der Waals surface area contributed by atoms with Crippen molar-refractivity contribution in [3.63, 3.8) is 0 Å². The van der Waals surface area contributed by atoms with Gasteiger partial charge in [0.2, 0.25) is 59.1 Å². The Hall–Kier alpha value is -9.91. The van der Waals surface area contributed by atoms with E-state index in [1.54, 1.807) is 76.3 Å². The molecule has 2 aromatic carbocycles. The molecule has 129 heavy (non-hydrogen) atoms. The predicted octanol–water partition coefficient (Wildman–Crippen LogP) is 4.72. The maximum absolute atomic E-state index is 14.5. The quantitative estimate of drug-likeness (QED) is 0.0227. The summed E-state index contributed by atoms with van der Waals surface area (Å²) < 4.78 is 59.1. The summed E-state index contributed by atoms with van der Waals surface area (Å²) >= 11 is 15.5. The third-order valence-electron chi connectivity index (χ3n) is 24.2. The largest absolute Gasteiger partial charge is 0.495 e. The second kappa shape index (κ2) is 44.3. The van der Waals surface area contributed by atoms with Crippen LogP contribution in [-0.2, 0) is 113 Å². The van der Waals surface area contributed by atoms with Crippen LogP contribution in [0.2, 0.25) is 10.0 Å². The highest BCUT2D eigenvalue weighted by Crippen LogP contribution is 2.52. The third kappa shape index (κ3) is 25.9. The molecule has 16 unspecified atom stereocenters. The Morgan fingerprint density at radius 1 is 0.620 bits per heavy atom. The average molecular weight is 1880 g/mol. The number of fused-ring (bicyclic) bond motifs is 11. The van der Waals surface area contributed by atoms with Gasteiger partial charge in [-0.3, -0.25) is 68.3 Å². The molecule has 5 fully saturated rings. The molecule has 0 radical (unpaired) electrons. The van der Waals surface area contributed by atoms with Gasteiger partial charge in [-0.1, -0.05) is 89.5 Å². The van der Waals surface area contributed by atoms with Crippen molar-refractivity contribution in [3.8, 4) is 11.5 Å². The first kappa shape index (κ1) is 103. The monoisotopic (exact) mass is 1880 g/mol. The number of epoxide rings is 1. The lowest BCUT2D eigenvalue weighted by molar-refractivity contribution is -0.328. The van der Waals surface area contributed by atoms with Crippen LogP contribution in [-0.4, -0.2) is 302 Å². The van der Waals surface area contributed by atoms with Gasteiger partial charge >= 0.3 is 24.1 Å². The number of rotatable bonds is 30. The number of nitrogens with one attached hydrogen (secondary N) is 6. The Morgan fingerprint density at radius 2 is 1.09 bits per heavy atom. The molecule has 5 saturated heterocycles. The summed E-state index contributed by atoms with van der Waals surface area (Å²) in [6.45, 7) is 11.4. The Balaban J connectivity index is 0.655. The van der Waals surface area contributed by atoms with Crippen LogP contribution < -0.4 is 51.2 Å². The number of aliphatic hydroxyl groups is 2. The van der Waals surface area contributed by atoms with Crippen LogP contribution in [0.1, 0.15) is 137 Å². The maximum Gasteiger partial charge on any atom is 0.409 e. The van der Waals surface area contributed by atoms with Crippen molar-refractivity contribution in [1.29, 1.82) is 0 Å². The number of hydrogen-bond acceptors (Lipinski definition) is 29. The van der Waals surface area contributed by atoms with Crippen LogP contribution in [0.5, 0.6) is 11.5 Å². The molecule has 8 aliphatic heterocycles. The smallest absolute Gasteiger partial charge is 0.409 e. The van der Waals surface area contributed by atoms with Crippen LogP contribution in [0.15, 0.2) is 71.9 Å². The van der Waals surface area contributed by atoms with Gasteiger partial charge in [-0.05, 0) is 103 Å². The first-order valence-corrected chi connectivity index (χ1v) is 44.9. The molecular formula is C87H117Cl2N11O27S2. The maximum atomic E-state index is 14.5. The Bertz CT molecular complexity index is 4740. The number of benzene rings is 2. The van der Waals surface area contributed by atoms with Gasteiger partial charge in [-0.25, -0.2) is 19.2 Å². The average Bonchev–Trinajstić information content (AvgIpc) is 1.58. The zero-order chi connectivity index (χ0) is 95.1. The Morgan fingerprint density at radius 3 is 1.60 bits per heavy atom. The summed E-state index contributed by atoms with van der Waals surface area (Å²) in [4.78, 5) is 207. The number of likely N-dealkylation sites (N-methyl/N-ethyl adjacent to an activating group) is 2. The first-order chi connectivity index (χ1) is 60.7. The molecule has 0 aromatic heterocycles. The van der Waals surface area contributed by atoms with Gasteiger partial charge in [0.05, 0.1) is 69.4 Å². The zero-order valence-corrected chi connectivity index (χ0v) is 78.3. The number of likely N-dealkylation sites (tertiary alicyclic amines) is 1. The van der Waals surface area contributed by atoms with Gasteiger partial charge in [0.15, 0.2) is 16.6 Å². The Kier molecular flexibility index (Phi) is 35.3. The van der Waals surface area contributed by atoms with Crippen LogP contribution in [0, 0.1) is 5.92 Å². The van der Waals surface area contributed by atoms with Crippen molar-refractivity contribution in [2.45, 2.75) is 227 Å². The van der Waals surface area contributed by atoms with Crippen LogP contribution >= 0.6 is 46.7 Å². The van der Waals surface area contributed by atoms with Gasteiger partial charge in [0.25, 0.3) is 0 Å². The molecule has 42 heteroatoms. The number of carbonyl (C=O) groups excluding carboxylic acids is 15. The molecule has 2 aromatic rings. The first-order valence-electron chi connectivity index (χ1n) is 42.1. The number of ether oxygens (including phenoxy) is 10. The molecule has 0 saturated carbocycles. The third-order valence-corrected chi connectivity index (χ3v) is 27.1. The zero-order valence-electron chi connectivity index (χ0n) is 75.2. The van der Waals surface area contributed by atoms with E-state index in [2.05, 4.69) is 31.9 Å². The van der Waals surface area contributed by atoms with Crippen LogP contribution in [0.4, 0.5) is 21.0 Å². The van der Waals surface area contributed by atoms with E-state index in [1.807, 2.05) is 26.0 Å². The highest BCUT2D eigenvalue weighted by Gasteiger charge is 2.66. The number of hydrogen-bond donors (Lipinski definition) is 8. The number of esters is 2. The summed E-state index contributed by atoms with van der Waals surface area (Å²) in [7, 11) is 11.4. The lowest BCUT2D eigenvalue weighted by Crippen LogP contribution is -2.72. The molecule has 38 nitrogen and oxygen atoms in total. The number of nitrogens with zero attached hydrogens (tertiary/aromatic N) is 5. The minimum atomic E-state index is -1.96. The fourth-order valence-corrected chi connectivity index (χ4v) is 18.7. The number of anilines is 2. The normalized spacial score (nSPS) is 28.9. The fourth-order valence-electron chi connectivity index (χ4n) is 16.2. The summed E-state index contributed by atoms with van der Waals surface area (Å²) in [5.41, 5.74) is -4.19. The van der Waals surface area contributed by atoms with E-state index in [0.29, 0.717) is 35.7 Å². The van der Waals surface area contributed by atoms with Crippen molar-refractivity contribution in [1.82, 2.24) is 46.6 Å². The van der Waals surface area contributed by atoms with E-state index >= 15 is 0 Å². The number of alkyl carbamates (subject to hydrolysis) is 2. The molecule has 12 amide bonds. The summed E-state index contributed by atoms with van der Waals surface area (Å²) in [5.74, 6) is -7.81. The van der Waals surface area contributed by atoms with E-state index in [4.69, 9.17) is 70.6 Å². The topological polar surface area (TPSA) is 480 Å². The molecular weight excluding hydrogens is 1770 g/mol. The number of thioether (sulfide) groups is 2. The molecule has 16 atom stereocenters. The number of carbonyl (C=O) groups is 15. The number of imide groups is 1. The van der Waals surface area contributed by atoms with Crippen molar-refractivity contribution in [3.05, 3.63) is 93.0 Å². The summed E-state index contributed by atoms with van der Waals surface area (Å²) in [6, 6.07) is 4.48. The molecule has 8 aliphatic rings. The van der Waals surface area contributed by atoms with E-state index in [0.717, 1.165) is 60.5 Å². The van der Waals surface area contributed by atoms with E-state index in [-0.39, 0.29) is 92.4 Å². The second-order valence-electron chi connectivity index (χ2n) is 33.8. The van der Waals surface area contributed by atoms with Crippen molar-refractivity contribution in [2.24, 2.45) is 5.92 Å². The van der Waals surface area contributed by atoms with E-state index in [1.165, 1.54) is 80.3 Å². The molecule has 0 spiro atoms. The lowest BCUT2D eigenvalue weighted by atomic mass is 9.72. The SMILES string of the molecule is COc1cc2cc(c1Cl)N(C)C(=O)CC(OC(=O)C(C)N(C)C(=O)CCSC1CC(=O)N(CCCC(=O)NCC(=O)NCC(=O)NCC(=O)NCCC(=O)SCCC(=O)N(C)C(C)C(=O)OC3CC(=O)N(C)c4cc(cc(OC)c4Cl)C/C(C)=C/C=C/C(OC)C4(O)CC(OC(=O)N4)C(C)C4OC34C)C1=O)C1(C)CC(C)(O1)C1CC(O)(NC(=O)O1)C(OC)/C=C/C=C(\C)C2.